The van der Waals surface area contributed by atoms with Crippen LogP contribution in [0.25, 0.3) is 0 Å². The van der Waals surface area contributed by atoms with E-state index >= 15 is 0 Å². The maximum absolute atomic E-state index is 13.3. The molecule has 1 heterocycles. The Morgan fingerprint density at radius 2 is 1.94 bits per heavy atom. The Morgan fingerprint density at radius 1 is 1.19 bits per heavy atom. The summed E-state index contributed by atoms with van der Waals surface area (Å²) in [5.74, 6) is -1.10. The lowest BCUT2D eigenvalue weighted by Gasteiger charge is -2.20. The van der Waals surface area contributed by atoms with E-state index in [2.05, 4.69) is 5.32 Å². The zero-order chi connectivity index (χ0) is 22.6. The number of amides is 1. The molecule has 0 aromatic heterocycles. The molecule has 3 rings (SSSR count). The van der Waals surface area contributed by atoms with Crippen LogP contribution in [0.2, 0.25) is 0 Å². The van der Waals surface area contributed by atoms with Crippen molar-refractivity contribution in [3.63, 3.8) is 0 Å². The molecule has 1 aliphatic rings. The van der Waals surface area contributed by atoms with Crippen LogP contribution < -0.4 is 14.4 Å². The summed E-state index contributed by atoms with van der Waals surface area (Å²) in [6.45, 7) is 4.15. The van der Waals surface area contributed by atoms with Gasteiger partial charge in [-0.3, -0.25) is 9.10 Å². The minimum atomic E-state index is -3.90. The molecule has 0 fully saturated rings. The van der Waals surface area contributed by atoms with Gasteiger partial charge in [-0.25, -0.2) is 13.2 Å². The highest BCUT2D eigenvalue weighted by Crippen LogP contribution is 2.34. The highest BCUT2D eigenvalue weighted by molar-refractivity contribution is 7.92. The predicted octanol–water partition coefficient (Wildman–Crippen LogP) is 2.52. The molecule has 1 atom stereocenters. The van der Waals surface area contributed by atoms with Gasteiger partial charge in [0.1, 0.15) is 11.3 Å². The quantitative estimate of drug-likeness (QED) is 0.625. The van der Waals surface area contributed by atoms with E-state index in [1.54, 1.807) is 12.1 Å². The van der Waals surface area contributed by atoms with E-state index in [0.717, 1.165) is 12.0 Å². The van der Waals surface area contributed by atoms with Crippen molar-refractivity contribution in [2.75, 3.05) is 24.5 Å². The van der Waals surface area contributed by atoms with E-state index in [1.807, 2.05) is 19.1 Å². The smallest absolute Gasteiger partial charge is 0.342 e. The molecular formula is C22H26N2O6S. The second-order valence-electron chi connectivity index (χ2n) is 7.16. The van der Waals surface area contributed by atoms with Crippen molar-refractivity contribution in [3.8, 4) is 5.75 Å². The van der Waals surface area contributed by atoms with Gasteiger partial charge in [-0.1, -0.05) is 25.1 Å². The van der Waals surface area contributed by atoms with Crippen molar-refractivity contribution in [2.45, 2.75) is 37.7 Å². The minimum absolute atomic E-state index is 0.0555. The largest absolute Gasteiger partial charge is 0.496 e. The molecule has 1 unspecified atom stereocenters. The Kier molecular flexibility index (Phi) is 6.84. The first-order valence-electron chi connectivity index (χ1n) is 10.1. The number of nitrogens with zero attached hydrogens (tertiary/aromatic N) is 1. The number of methoxy groups -OCH3 is 1. The van der Waals surface area contributed by atoms with Crippen molar-refractivity contribution in [3.05, 3.63) is 53.6 Å². The maximum atomic E-state index is 13.3. The number of para-hydroxylation sites is 1. The van der Waals surface area contributed by atoms with Crippen molar-refractivity contribution < 1.29 is 27.5 Å². The summed E-state index contributed by atoms with van der Waals surface area (Å²) in [5.41, 5.74) is 1.51. The Balaban J connectivity index is 1.88. The highest BCUT2D eigenvalue weighted by Gasteiger charge is 2.32. The number of hydrogen-bond donors (Lipinski definition) is 1. The number of fused-ring (bicyclic) bond motifs is 1. The molecule has 1 N–H and O–H groups in total. The highest BCUT2D eigenvalue weighted by atomic mass is 32.2. The second kappa shape index (κ2) is 9.38. The first-order chi connectivity index (χ1) is 14.8. The zero-order valence-electron chi connectivity index (χ0n) is 17.8. The first-order valence-corrected chi connectivity index (χ1v) is 11.5. The van der Waals surface area contributed by atoms with Crippen LogP contribution >= 0.6 is 0 Å². The summed E-state index contributed by atoms with van der Waals surface area (Å²) in [4.78, 5) is 24.7. The molecule has 0 radical (unpaired) electrons. The number of rotatable bonds is 8. The fourth-order valence-electron chi connectivity index (χ4n) is 3.36. The minimum Gasteiger partial charge on any atom is -0.496 e. The lowest BCUT2D eigenvalue weighted by molar-refractivity contribution is -0.129. The van der Waals surface area contributed by atoms with Gasteiger partial charge in [0.05, 0.1) is 17.7 Å². The number of anilines is 1. The van der Waals surface area contributed by atoms with Gasteiger partial charge in [-0.05, 0) is 49.6 Å². The maximum Gasteiger partial charge on any atom is 0.342 e. The monoisotopic (exact) mass is 446 g/mol. The third-order valence-corrected chi connectivity index (χ3v) is 6.83. The molecule has 31 heavy (non-hydrogen) atoms. The van der Waals surface area contributed by atoms with Crippen LogP contribution in [-0.4, -0.2) is 46.6 Å². The van der Waals surface area contributed by atoms with Crippen LogP contribution in [0.3, 0.4) is 0 Å². The summed E-state index contributed by atoms with van der Waals surface area (Å²) in [6, 6.07) is 11.3. The van der Waals surface area contributed by atoms with Crippen LogP contribution in [0.4, 0.5) is 5.69 Å². The first kappa shape index (κ1) is 22.6. The van der Waals surface area contributed by atoms with Gasteiger partial charge in [-0.15, -0.1) is 0 Å². The van der Waals surface area contributed by atoms with E-state index in [9.17, 15) is 18.0 Å². The number of sulfonamides is 1. The van der Waals surface area contributed by atoms with Gasteiger partial charge in [0.15, 0.2) is 6.10 Å². The predicted molar refractivity (Wildman–Crippen MR) is 116 cm³/mol. The third-order valence-electron chi connectivity index (χ3n) is 5.03. The molecule has 8 nitrogen and oxygen atoms in total. The van der Waals surface area contributed by atoms with Crippen molar-refractivity contribution in [2.24, 2.45) is 0 Å². The summed E-state index contributed by atoms with van der Waals surface area (Å²) < 4.78 is 38.4. The number of carbonyl (C=O) groups is 2. The summed E-state index contributed by atoms with van der Waals surface area (Å²) >= 11 is 0. The lowest BCUT2D eigenvalue weighted by Crippen LogP contribution is -2.36. The summed E-state index contributed by atoms with van der Waals surface area (Å²) in [5, 5.41) is 2.65. The molecule has 166 valence electrons. The molecule has 0 bridgehead atoms. The van der Waals surface area contributed by atoms with Crippen molar-refractivity contribution in [1.82, 2.24) is 5.32 Å². The fraction of sp³-hybridized carbons (Fsp3) is 0.364. The van der Waals surface area contributed by atoms with Gasteiger partial charge < -0.3 is 14.8 Å². The Morgan fingerprint density at radius 3 is 2.65 bits per heavy atom. The van der Waals surface area contributed by atoms with Gasteiger partial charge in [0, 0.05) is 13.1 Å². The fourth-order valence-corrected chi connectivity index (χ4v) is 4.89. The number of esters is 1. The summed E-state index contributed by atoms with van der Waals surface area (Å²) in [6.07, 6.45) is 0.333. The van der Waals surface area contributed by atoms with Gasteiger partial charge >= 0.3 is 5.97 Å². The molecular weight excluding hydrogens is 420 g/mol. The molecule has 2 aromatic carbocycles. The zero-order valence-corrected chi connectivity index (χ0v) is 18.6. The molecule has 9 heteroatoms. The van der Waals surface area contributed by atoms with Gasteiger partial charge in [0.2, 0.25) is 0 Å². The molecule has 1 aliphatic heterocycles. The average Bonchev–Trinajstić information content (AvgIpc) is 3.21. The van der Waals surface area contributed by atoms with E-state index in [-0.39, 0.29) is 16.2 Å². The standard InChI is InChI=1S/C22H26N2O6S/c1-4-12-23-21(25)15(2)30-22(26)18-14-17(9-10-20(18)29-3)31(27,28)24-13-11-16-7-5-6-8-19(16)24/h5-10,14-15H,4,11-13H2,1-3H3,(H,23,25). The van der Waals surface area contributed by atoms with Crippen LogP contribution in [0.1, 0.15) is 36.2 Å². The number of hydrogen-bond acceptors (Lipinski definition) is 6. The van der Waals surface area contributed by atoms with Gasteiger partial charge in [0.25, 0.3) is 15.9 Å². The molecule has 1 amide bonds. The van der Waals surface area contributed by atoms with E-state index < -0.39 is 28.0 Å². The SMILES string of the molecule is CCCNC(=O)C(C)OC(=O)c1cc(S(=O)(=O)N2CCc3ccccc32)ccc1OC. The number of carbonyl (C=O) groups excluding carboxylic acids is 2. The average molecular weight is 447 g/mol. The van der Waals surface area contributed by atoms with Crippen LogP contribution in [0.15, 0.2) is 47.4 Å². The lowest BCUT2D eigenvalue weighted by atomic mass is 10.2. The third kappa shape index (κ3) is 4.66. The van der Waals surface area contributed by atoms with Crippen LogP contribution in [0.5, 0.6) is 5.75 Å². The normalized spacial score (nSPS) is 14.0. The van der Waals surface area contributed by atoms with Crippen molar-refractivity contribution >= 4 is 27.6 Å². The van der Waals surface area contributed by atoms with E-state index in [4.69, 9.17) is 9.47 Å². The molecule has 2 aromatic rings. The Hall–Kier alpha value is -3.07. The Bertz CT molecular complexity index is 1080. The van der Waals surface area contributed by atoms with E-state index in [1.165, 1.54) is 36.5 Å². The number of nitrogens with one attached hydrogen (secondary N) is 1. The van der Waals surface area contributed by atoms with E-state index in [0.29, 0.717) is 25.2 Å². The summed E-state index contributed by atoms with van der Waals surface area (Å²) in [7, 11) is -2.53. The Labute approximate surface area is 182 Å². The second-order valence-corrected chi connectivity index (χ2v) is 9.02. The van der Waals surface area contributed by atoms with Crippen molar-refractivity contribution in [1.29, 1.82) is 0 Å². The number of ether oxygens (including phenoxy) is 2. The molecule has 0 saturated heterocycles. The molecule has 0 saturated carbocycles. The van der Waals surface area contributed by atoms with Crippen LogP contribution in [-0.2, 0) is 26.0 Å². The molecule has 0 aliphatic carbocycles. The van der Waals surface area contributed by atoms with Crippen LogP contribution in [0, 0.1) is 0 Å². The molecule has 0 spiro atoms. The van der Waals surface area contributed by atoms with Gasteiger partial charge in [-0.2, -0.15) is 0 Å². The number of benzene rings is 2. The topological polar surface area (TPSA) is 102 Å².